The van der Waals surface area contributed by atoms with Gasteiger partial charge in [-0.3, -0.25) is 0 Å². The minimum absolute atomic E-state index is 0.138. The van der Waals surface area contributed by atoms with Crippen molar-refractivity contribution in [2.75, 3.05) is 25.0 Å². The molecule has 1 saturated heterocycles. The molecule has 2 aromatic rings. The van der Waals surface area contributed by atoms with Crippen LogP contribution in [-0.2, 0) is 4.74 Å². The molecule has 0 saturated carbocycles. The predicted octanol–water partition coefficient (Wildman–Crippen LogP) is 2.47. The zero-order valence-electron chi connectivity index (χ0n) is 12.1. The van der Waals surface area contributed by atoms with Gasteiger partial charge in [-0.2, -0.15) is 0 Å². The lowest BCUT2D eigenvalue weighted by Gasteiger charge is -2.23. The third-order valence-corrected chi connectivity index (χ3v) is 3.31. The van der Waals surface area contributed by atoms with E-state index in [0.29, 0.717) is 30.5 Å². The SMILES string of the molecule is Cc1nc(Nc2ccc(F)c(F)c2)cc(C2CNCCO2)n1. The van der Waals surface area contributed by atoms with E-state index in [1.54, 1.807) is 13.0 Å². The van der Waals surface area contributed by atoms with Gasteiger partial charge in [0.1, 0.15) is 17.7 Å². The fraction of sp³-hybridized carbons (Fsp3) is 0.333. The number of anilines is 2. The molecule has 116 valence electrons. The van der Waals surface area contributed by atoms with E-state index in [4.69, 9.17) is 4.74 Å². The zero-order chi connectivity index (χ0) is 15.5. The number of rotatable bonds is 3. The molecule has 2 heterocycles. The molecule has 0 bridgehead atoms. The predicted molar refractivity (Wildman–Crippen MR) is 78.0 cm³/mol. The van der Waals surface area contributed by atoms with Gasteiger partial charge < -0.3 is 15.4 Å². The minimum atomic E-state index is -0.907. The van der Waals surface area contributed by atoms with Gasteiger partial charge in [0.25, 0.3) is 0 Å². The van der Waals surface area contributed by atoms with Gasteiger partial charge in [0.2, 0.25) is 0 Å². The van der Waals surface area contributed by atoms with Crippen LogP contribution in [-0.4, -0.2) is 29.7 Å². The topological polar surface area (TPSA) is 59.1 Å². The highest BCUT2D eigenvalue weighted by molar-refractivity contribution is 5.56. The minimum Gasteiger partial charge on any atom is -0.369 e. The Bertz CT molecular complexity index is 675. The molecule has 1 aromatic carbocycles. The van der Waals surface area contributed by atoms with E-state index in [2.05, 4.69) is 20.6 Å². The van der Waals surface area contributed by atoms with Crippen LogP contribution in [0.1, 0.15) is 17.6 Å². The normalized spacial score (nSPS) is 18.2. The van der Waals surface area contributed by atoms with Crippen molar-refractivity contribution in [2.45, 2.75) is 13.0 Å². The van der Waals surface area contributed by atoms with Crippen molar-refractivity contribution in [3.05, 3.63) is 47.4 Å². The van der Waals surface area contributed by atoms with Crippen LogP contribution in [0.4, 0.5) is 20.3 Å². The lowest BCUT2D eigenvalue weighted by atomic mass is 10.2. The average Bonchev–Trinajstić information content (AvgIpc) is 2.51. The van der Waals surface area contributed by atoms with Crippen LogP contribution in [0, 0.1) is 18.6 Å². The maximum Gasteiger partial charge on any atom is 0.160 e. The Labute approximate surface area is 126 Å². The van der Waals surface area contributed by atoms with Crippen LogP contribution >= 0.6 is 0 Å². The van der Waals surface area contributed by atoms with Crippen LogP contribution in [0.3, 0.4) is 0 Å². The number of aromatic nitrogens is 2. The number of halogens is 2. The summed E-state index contributed by atoms with van der Waals surface area (Å²) in [7, 11) is 0. The maximum atomic E-state index is 13.3. The van der Waals surface area contributed by atoms with Crippen molar-refractivity contribution in [1.82, 2.24) is 15.3 Å². The Hall–Kier alpha value is -2.12. The van der Waals surface area contributed by atoms with Crippen LogP contribution in [0.2, 0.25) is 0 Å². The first kappa shape index (κ1) is 14.8. The molecule has 22 heavy (non-hydrogen) atoms. The highest BCUT2D eigenvalue weighted by Gasteiger charge is 2.18. The molecule has 1 unspecified atom stereocenters. The Kier molecular flexibility index (Phi) is 4.26. The van der Waals surface area contributed by atoms with Crippen molar-refractivity contribution in [2.24, 2.45) is 0 Å². The van der Waals surface area contributed by atoms with Gasteiger partial charge >= 0.3 is 0 Å². The number of aryl methyl sites for hydroxylation is 1. The second kappa shape index (κ2) is 6.33. The first-order valence-electron chi connectivity index (χ1n) is 7.02. The molecule has 2 N–H and O–H groups in total. The maximum absolute atomic E-state index is 13.3. The third-order valence-electron chi connectivity index (χ3n) is 3.31. The zero-order valence-corrected chi connectivity index (χ0v) is 12.1. The fourth-order valence-corrected chi connectivity index (χ4v) is 2.30. The highest BCUT2D eigenvalue weighted by Crippen LogP contribution is 2.22. The number of hydrogen-bond acceptors (Lipinski definition) is 5. The summed E-state index contributed by atoms with van der Waals surface area (Å²) in [6.07, 6.45) is -0.138. The summed E-state index contributed by atoms with van der Waals surface area (Å²) < 4.78 is 31.9. The number of morpholine rings is 1. The molecule has 0 spiro atoms. The number of hydrogen-bond donors (Lipinski definition) is 2. The number of benzene rings is 1. The summed E-state index contributed by atoms with van der Waals surface area (Å²) in [6, 6.07) is 5.37. The van der Waals surface area contributed by atoms with E-state index in [9.17, 15) is 8.78 Å². The number of nitrogens with one attached hydrogen (secondary N) is 2. The van der Waals surface area contributed by atoms with Crippen LogP contribution in [0.25, 0.3) is 0 Å². The molecule has 7 heteroatoms. The van der Waals surface area contributed by atoms with Crippen molar-refractivity contribution < 1.29 is 13.5 Å². The monoisotopic (exact) mass is 306 g/mol. The fourth-order valence-electron chi connectivity index (χ4n) is 2.30. The summed E-state index contributed by atoms with van der Waals surface area (Å²) in [5.41, 5.74) is 1.18. The van der Waals surface area contributed by atoms with Crippen LogP contribution < -0.4 is 10.6 Å². The largest absolute Gasteiger partial charge is 0.369 e. The summed E-state index contributed by atoms with van der Waals surface area (Å²) in [5, 5.41) is 6.20. The summed E-state index contributed by atoms with van der Waals surface area (Å²) in [5.74, 6) is -0.693. The Morgan fingerprint density at radius 1 is 1.23 bits per heavy atom. The van der Waals surface area contributed by atoms with Crippen molar-refractivity contribution in [1.29, 1.82) is 0 Å². The van der Waals surface area contributed by atoms with Gasteiger partial charge in [0.15, 0.2) is 11.6 Å². The third kappa shape index (κ3) is 3.37. The molecule has 0 radical (unpaired) electrons. The van der Waals surface area contributed by atoms with Gasteiger partial charge in [0, 0.05) is 30.9 Å². The van der Waals surface area contributed by atoms with E-state index >= 15 is 0 Å². The average molecular weight is 306 g/mol. The second-order valence-corrected chi connectivity index (χ2v) is 5.04. The van der Waals surface area contributed by atoms with Gasteiger partial charge in [-0.05, 0) is 19.1 Å². The standard InChI is InChI=1S/C15H16F2N4O/c1-9-19-13(14-8-18-4-5-22-14)7-15(20-9)21-10-2-3-11(16)12(17)6-10/h2-3,6-7,14,18H,4-5,8H2,1H3,(H,19,20,21). The molecular weight excluding hydrogens is 290 g/mol. The Balaban J connectivity index is 1.83. The van der Waals surface area contributed by atoms with Crippen LogP contribution in [0.5, 0.6) is 0 Å². The summed E-state index contributed by atoms with van der Waals surface area (Å²) >= 11 is 0. The van der Waals surface area contributed by atoms with Gasteiger partial charge in [0.05, 0.1) is 12.3 Å². The quantitative estimate of drug-likeness (QED) is 0.912. The van der Waals surface area contributed by atoms with Crippen molar-refractivity contribution in [3.8, 4) is 0 Å². The van der Waals surface area contributed by atoms with Gasteiger partial charge in [-0.15, -0.1) is 0 Å². The van der Waals surface area contributed by atoms with Crippen molar-refractivity contribution >= 4 is 11.5 Å². The lowest BCUT2D eigenvalue weighted by molar-refractivity contribution is 0.0249. The molecule has 0 aliphatic carbocycles. The molecule has 0 amide bonds. The van der Waals surface area contributed by atoms with E-state index in [1.165, 1.54) is 6.07 Å². The number of nitrogens with zero attached hydrogens (tertiary/aromatic N) is 2. The number of ether oxygens (including phenoxy) is 1. The second-order valence-electron chi connectivity index (χ2n) is 5.04. The van der Waals surface area contributed by atoms with Gasteiger partial charge in [-0.25, -0.2) is 18.7 Å². The van der Waals surface area contributed by atoms with E-state index < -0.39 is 11.6 Å². The molecular formula is C15H16F2N4O. The first-order chi connectivity index (χ1) is 10.6. The Morgan fingerprint density at radius 2 is 2.09 bits per heavy atom. The molecule has 1 aliphatic rings. The summed E-state index contributed by atoms with van der Waals surface area (Å²) in [6.45, 7) is 3.90. The Morgan fingerprint density at radius 3 is 2.82 bits per heavy atom. The molecule has 5 nitrogen and oxygen atoms in total. The first-order valence-corrected chi connectivity index (χ1v) is 7.02. The summed E-state index contributed by atoms with van der Waals surface area (Å²) in [4.78, 5) is 8.64. The van der Waals surface area contributed by atoms with E-state index in [1.807, 2.05) is 0 Å². The molecule has 1 fully saturated rings. The van der Waals surface area contributed by atoms with E-state index in [-0.39, 0.29) is 6.10 Å². The highest BCUT2D eigenvalue weighted by atomic mass is 19.2. The smallest absolute Gasteiger partial charge is 0.160 e. The molecule has 1 aromatic heterocycles. The van der Waals surface area contributed by atoms with Crippen molar-refractivity contribution in [3.63, 3.8) is 0 Å². The van der Waals surface area contributed by atoms with Gasteiger partial charge in [-0.1, -0.05) is 0 Å². The molecule has 1 aliphatic heterocycles. The molecule has 1 atom stereocenters. The van der Waals surface area contributed by atoms with E-state index in [0.717, 1.165) is 24.4 Å². The lowest BCUT2D eigenvalue weighted by Crippen LogP contribution is -2.33. The molecule has 3 rings (SSSR count). The van der Waals surface area contributed by atoms with Crippen LogP contribution in [0.15, 0.2) is 24.3 Å².